The molecule has 0 bridgehead atoms. The van der Waals surface area contributed by atoms with Crippen molar-refractivity contribution in [2.45, 2.75) is 40.4 Å². The number of aromatic nitrogens is 1. The van der Waals surface area contributed by atoms with Gasteiger partial charge >= 0.3 is 0 Å². The summed E-state index contributed by atoms with van der Waals surface area (Å²) in [7, 11) is -0.598. The van der Waals surface area contributed by atoms with Crippen LogP contribution in [0, 0.1) is 0 Å². The van der Waals surface area contributed by atoms with Crippen LogP contribution in [-0.2, 0) is 14.6 Å². The third-order valence-corrected chi connectivity index (χ3v) is 9.51. The number of hydrazine groups is 1. The molecule has 6 N–H and O–H groups in total. The summed E-state index contributed by atoms with van der Waals surface area (Å²) in [5, 5.41) is 45.0. The molecule has 232 valence electrons. The molecule has 5 atom stereocenters. The number of carbonyl (C=O) groups excluding carboxylic acids is 1. The monoisotopic (exact) mass is 617 g/mol. The van der Waals surface area contributed by atoms with Gasteiger partial charge in [0.05, 0.1) is 29.8 Å². The molecule has 14 nitrogen and oxygen atoms in total. The lowest BCUT2D eigenvalue weighted by atomic mass is 9.96. The Kier molecular flexibility index (Phi) is 9.15. The van der Waals surface area contributed by atoms with Gasteiger partial charge in [0.15, 0.2) is 6.29 Å². The van der Waals surface area contributed by atoms with Crippen molar-refractivity contribution in [3.8, 4) is 5.75 Å². The molecule has 3 heterocycles. The summed E-state index contributed by atoms with van der Waals surface area (Å²) >= 11 is 0. The first-order valence-electron chi connectivity index (χ1n) is 13.7. The lowest BCUT2D eigenvalue weighted by Crippen LogP contribution is -2.64. The SMILES string of the molecule is COc1ccc(S(=O)(=O)c2cnc3ccc(C(=O)NC4C(O)O[C@H](CO)[C@@H](O)[C@@H]4O)cc3c2NN2CCN(C)CC2)cc1. The Morgan fingerprint density at radius 1 is 1.07 bits per heavy atom. The maximum Gasteiger partial charge on any atom is 0.251 e. The number of fused-ring (bicyclic) bond motifs is 1. The average molecular weight is 618 g/mol. The van der Waals surface area contributed by atoms with Crippen molar-refractivity contribution in [2.75, 3.05) is 52.4 Å². The van der Waals surface area contributed by atoms with Crippen LogP contribution in [-0.4, -0.2) is 127 Å². The Balaban J connectivity index is 1.54. The molecule has 1 aromatic heterocycles. The van der Waals surface area contributed by atoms with Crippen molar-refractivity contribution in [2.24, 2.45) is 0 Å². The highest BCUT2D eigenvalue weighted by Gasteiger charge is 2.44. The van der Waals surface area contributed by atoms with Crippen LogP contribution >= 0.6 is 0 Å². The van der Waals surface area contributed by atoms with Crippen molar-refractivity contribution in [1.29, 1.82) is 0 Å². The standard InChI is InChI=1S/C28H35N5O9S/c1-32-9-11-33(12-10-32)31-23-19-13-16(27(37)30-24-26(36)25(35)21(15-34)42-28(24)38)3-8-20(19)29-14-22(23)43(39,40)18-6-4-17(41-2)5-7-18/h3-8,13-14,21,24-26,28,34-36,38H,9-12,15H2,1-2H3,(H,29,31)(H,30,37)/t21-,24?,25-,26-,28?/m1/s1. The number of nitrogens with zero attached hydrogens (tertiary/aromatic N) is 3. The van der Waals surface area contributed by atoms with Gasteiger partial charge in [0.1, 0.15) is 35.0 Å². The zero-order chi connectivity index (χ0) is 30.9. The third-order valence-electron chi connectivity index (χ3n) is 7.73. The van der Waals surface area contributed by atoms with Gasteiger partial charge in [0.25, 0.3) is 5.91 Å². The largest absolute Gasteiger partial charge is 0.497 e. The molecule has 2 saturated heterocycles. The number of benzene rings is 2. The molecule has 2 unspecified atom stereocenters. The van der Waals surface area contributed by atoms with E-state index >= 15 is 0 Å². The van der Waals surface area contributed by atoms with Gasteiger partial charge in [-0.15, -0.1) is 0 Å². The maximum atomic E-state index is 13.9. The number of amides is 1. The Labute approximate surface area is 248 Å². The summed E-state index contributed by atoms with van der Waals surface area (Å²) in [6, 6.07) is 9.09. The number of carbonyl (C=O) groups is 1. The molecule has 5 rings (SSSR count). The summed E-state index contributed by atoms with van der Waals surface area (Å²) < 4.78 is 38.1. The van der Waals surface area contributed by atoms with Gasteiger partial charge in [0.2, 0.25) is 9.84 Å². The van der Waals surface area contributed by atoms with Crippen molar-refractivity contribution in [1.82, 2.24) is 20.2 Å². The van der Waals surface area contributed by atoms with E-state index in [2.05, 4.69) is 20.6 Å². The molecule has 0 saturated carbocycles. The molecule has 0 spiro atoms. The molecule has 2 aliphatic heterocycles. The van der Waals surface area contributed by atoms with Gasteiger partial charge in [0, 0.05) is 43.3 Å². The number of sulfone groups is 1. The zero-order valence-corrected chi connectivity index (χ0v) is 24.4. The minimum absolute atomic E-state index is 0.0322. The smallest absolute Gasteiger partial charge is 0.251 e. The van der Waals surface area contributed by atoms with Crippen molar-refractivity contribution < 1.29 is 43.1 Å². The minimum atomic E-state index is -4.08. The van der Waals surface area contributed by atoms with Gasteiger partial charge in [-0.3, -0.25) is 9.78 Å². The van der Waals surface area contributed by atoms with E-state index in [-0.39, 0.29) is 21.0 Å². The molecule has 43 heavy (non-hydrogen) atoms. The van der Waals surface area contributed by atoms with Crippen molar-refractivity contribution in [3.05, 3.63) is 54.2 Å². The van der Waals surface area contributed by atoms with E-state index in [1.165, 1.54) is 37.6 Å². The van der Waals surface area contributed by atoms with E-state index in [9.17, 15) is 33.6 Å². The summed E-state index contributed by atoms with van der Waals surface area (Å²) in [6.07, 6.45) is -4.81. The summed E-state index contributed by atoms with van der Waals surface area (Å²) in [6.45, 7) is 2.08. The number of anilines is 1. The first-order chi connectivity index (χ1) is 20.5. The van der Waals surface area contributed by atoms with Crippen LogP contribution in [0.1, 0.15) is 10.4 Å². The number of methoxy groups -OCH3 is 1. The van der Waals surface area contributed by atoms with Gasteiger partial charge in [-0.2, -0.15) is 0 Å². The van der Waals surface area contributed by atoms with Gasteiger partial charge in [-0.05, 0) is 49.5 Å². The second-order valence-electron chi connectivity index (χ2n) is 10.5. The van der Waals surface area contributed by atoms with Crippen molar-refractivity contribution in [3.63, 3.8) is 0 Å². The lowest BCUT2D eigenvalue weighted by molar-refractivity contribution is -0.252. The number of aliphatic hydroxyl groups is 4. The molecule has 3 aromatic rings. The number of aliphatic hydroxyl groups excluding tert-OH is 4. The van der Waals surface area contributed by atoms with Crippen LogP contribution in [0.2, 0.25) is 0 Å². The van der Waals surface area contributed by atoms with Crippen LogP contribution in [0.4, 0.5) is 5.69 Å². The lowest BCUT2D eigenvalue weighted by Gasteiger charge is -2.40. The predicted molar refractivity (Wildman–Crippen MR) is 154 cm³/mol. The topological polar surface area (TPSA) is 194 Å². The molecular formula is C28H35N5O9S. The van der Waals surface area contributed by atoms with E-state index in [4.69, 9.17) is 9.47 Å². The van der Waals surface area contributed by atoms with E-state index < -0.39 is 53.0 Å². The fourth-order valence-electron chi connectivity index (χ4n) is 5.08. The quantitative estimate of drug-likeness (QED) is 0.184. The zero-order valence-electron chi connectivity index (χ0n) is 23.6. The van der Waals surface area contributed by atoms with E-state index in [1.807, 2.05) is 12.1 Å². The molecule has 2 aromatic carbocycles. The van der Waals surface area contributed by atoms with E-state index in [0.717, 1.165) is 13.1 Å². The van der Waals surface area contributed by atoms with Crippen LogP contribution < -0.4 is 15.5 Å². The minimum Gasteiger partial charge on any atom is -0.497 e. The Bertz CT molecular complexity index is 1560. The van der Waals surface area contributed by atoms with Gasteiger partial charge in [-0.1, -0.05) is 0 Å². The second-order valence-corrected chi connectivity index (χ2v) is 12.5. The fourth-order valence-corrected chi connectivity index (χ4v) is 6.44. The normalized spacial score (nSPS) is 25.4. The Morgan fingerprint density at radius 3 is 2.42 bits per heavy atom. The summed E-state index contributed by atoms with van der Waals surface area (Å²) in [5.41, 5.74) is 4.00. The number of pyridine rings is 1. The van der Waals surface area contributed by atoms with Gasteiger partial charge < -0.3 is 45.5 Å². The molecule has 2 aliphatic rings. The first-order valence-corrected chi connectivity index (χ1v) is 15.1. The van der Waals surface area contributed by atoms with Crippen LogP contribution in [0.15, 0.2) is 58.5 Å². The molecule has 1 amide bonds. The molecular weight excluding hydrogens is 582 g/mol. The number of piperazine rings is 1. The van der Waals surface area contributed by atoms with Crippen LogP contribution in [0.5, 0.6) is 5.75 Å². The number of likely N-dealkylation sites (N-methyl/N-ethyl adjacent to an activating group) is 1. The van der Waals surface area contributed by atoms with Crippen molar-refractivity contribution >= 4 is 32.3 Å². The predicted octanol–water partition coefficient (Wildman–Crippen LogP) is -0.820. The second kappa shape index (κ2) is 12.7. The number of nitrogens with one attached hydrogen (secondary N) is 2. The highest BCUT2D eigenvalue weighted by atomic mass is 32.2. The summed E-state index contributed by atoms with van der Waals surface area (Å²) in [4.78, 5) is 19.8. The third kappa shape index (κ3) is 6.30. The molecule has 0 radical (unpaired) electrons. The van der Waals surface area contributed by atoms with E-state index in [1.54, 1.807) is 18.2 Å². The maximum absolute atomic E-state index is 13.9. The summed E-state index contributed by atoms with van der Waals surface area (Å²) in [5.74, 6) is -0.225. The molecule has 0 aliphatic carbocycles. The first kappa shape index (κ1) is 31.0. The van der Waals surface area contributed by atoms with Crippen LogP contribution in [0.25, 0.3) is 10.9 Å². The fraction of sp³-hybridized carbons (Fsp3) is 0.429. The highest BCUT2D eigenvalue weighted by Crippen LogP contribution is 2.35. The number of hydrogen-bond donors (Lipinski definition) is 6. The number of ether oxygens (including phenoxy) is 2. The molecule has 15 heteroatoms. The Morgan fingerprint density at radius 2 is 1.77 bits per heavy atom. The number of rotatable bonds is 8. The Hall–Kier alpha value is -3.41. The molecule has 2 fully saturated rings. The van der Waals surface area contributed by atoms with Crippen LogP contribution in [0.3, 0.4) is 0 Å². The number of hydrogen-bond acceptors (Lipinski definition) is 13. The highest BCUT2D eigenvalue weighted by molar-refractivity contribution is 7.91. The van der Waals surface area contributed by atoms with E-state index in [0.29, 0.717) is 29.7 Å². The average Bonchev–Trinajstić information content (AvgIpc) is 3.01. The van der Waals surface area contributed by atoms with Gasteiger partial charge in [-0.25, -0.2) is 13.4 Å².